The fourth-order valence-electron chi connectivity index (χ4n) is 2.35. The van der Waals surface area contributed by atoms with Crippen LogP contribution in [0.1, 0.15) is 5.56 Å². The Morgan fingerprint density at radius 1 is 1.21 bits per heavy atom. The molecule has 3 aromatic rings. The van der Waals surface area contributed by atoms with E-state index < -0.39 is 0 Å². The molecule has 1 N–H and O–H groups in total. The third kappa shape index (κ3) is 5.55. The Morgan fingerprint density at radius 2 is 2.04 bits per heavy atom. The lowest BCUT2D eigenvalue weighted by Crippen LogP contribution is -2.19. The first-order chi connectivity index (χ1) is 13.6. The van der Waals surface area contributed by atoms with Crippen LogP contribution in [0.2, 0.25) is 5.02 Å². The van der Waals surface area contributed by atoms with Gasteiger partial charge in [-0.05, 0) is 23.8 Å². The Kier molecular flexibility index (Phi) is 7.00. The number of aromatic nitrogens is 3. The SMILES string of the molecule is Cn1c(SCC(=O)N/N=C\C=C\c2ccccc2)nnc1-c1cccc(Cl)c1. The third-order valence-electron chi connectivity index (χ3n) is 3.69. The highest BCUT2D eigenvalue weighted by atomic mass is 35.5. The van der Waals surface area contributed by atoms with Crippen LogP contribution in [0, 0.1) is 0 Å². The van der Waals surface area contributed by atoms with Gasteiger partial charge in [-0.15, -0.1) is 10.2 Å². The zero-order valence-corrected chi connectivity index (χ0v) is 16.7. The molecule has 1 aromatic heterocycles. The number of hydrogen-bond donors (Lipinski definition) is 1. The molecule has 0 unspecified atom stereocenters. The summed E-state index contributed by atoms with van der Waals surface area (Å²) in [5.41, 5.74) is 4.42. The lowest BCUT2D eigenvalue weighted by molar-refractivity contribution is -0.118. The van der Waals surface area contributed by atoms with Gasteiger partial charge in [0.2, 0.25) is 0 Å². The molecule has 0 bridgehead atoms. The van der Waals surface area contributed by atoms with Crippen molar-refractivity contribution in [3.63, 3.8) is 0 Å². The average molecular weight is 412 g/mol. The summed E-state index contributed by atoms with van der Waals surface area (Å²) in [5.74, 6) is 0.650. The predicted octanol–water partition coefficient (Wildman–Crippen LogP) is 4.04. The molecular weight excluding hydrogens is 394 g/mol. The molecule has 2 aromatic carbocycles. The molecule has 0 aliphatic heterocycles. The molecule has 0 radical (unpaired) electrons. The van der Waals surface area contributed by atoms with Crippen LogP contribution < -0.4 is 5.43 Å². The number of allylic oxidation sites excluding steroid dienone is 1. The summed E-state index contributed by atoms with van der Waals surface area (Å²) in [6, 6.07) is 17.2. The lowest BCUT2D eigenvalue weighted by atomic mass is 10.2. The second kappa shape index (κ2) is 9.87. The number of benzene rings is 2. The third-order valence-corrected chi connectivity index (χ3v) is 4.94. The maximum absolute atomic E-state index is 11.9. The summed E-state index contributed by atoms with van der Waals surface area (Å²) in [7, 11) is 1.85. The highest BCUT2D eigenvalue weighted by molar-refractivity contribution is 7.99. The molecular formula is C20H18ClN5OS. The number of nitrogens with zero attached hydrogens (tertiary/aromatic N) is 4. The number of carbonyl (C=O) groups is 1. The van der Waals surface area contributed by atoms with Gasteiger partial charge in [0, 0.05) is 23.8 Å². The van der Waals surface area contributed by atoms with Gasteiger partial charge in [0.05, 0.1) is 5.75 Å². The molecule has 0 fully saturated rings. The second-order valence-electron chi connectivity index (χ2n) is 5.75. The number of carbonyl (C=O) groups excluding carboxylic acids is 1. The molecule has 0 saturated heterocycles. The first kappa shape index (κ1) is 19.9. The maximum Gasteiger partial charge on any atom is 0.250 e. The molecule has 1 amide bonds. The molecule has 0 atom stereocenters. The van der Waals surface area contributed by atoms with Crippen molar-refractivity contribution in [2.45, 2.75) is 5.16 Å². The zero-order valence-electron chi connectivity index (χ0n) is 15.1. The Hall–Kier alpha value is -2.90. The number of amides is 1. The van der Waals surface area contributed by atoms with Crippen molar-refractivity contribution in [2.75, 3.05) is 5.75 Å². The van der Waals surface area contributed by atoms with E-state index in [1.807, 2.05) is 66.2 Å². The van der Waals surface area contributed by atoms with E-state index in [0.717, 1.165) is 11.1 Å². The van der Waals surface area contributed by atoms with Gasteiger partial charge < -0.3 is 4.57 Å². The van der Waals surface area contributed by atoms with Crippen LogP contribution >= 0.6 is 23.4 Å². The van der Waals surface area contributed by atoms with Crippen LogP contribution in [0.3, 0.4) is 0 Å². The minimum absolute atomic E-state index is 0.182. The van der Waals surface area contributed by atoms with Gasteiger partial charge >= 0.3 is 0 Å². The Balaban J connectivity index is 1.50. The van der Waals surface area contributed by atoms with Crippen LogP contribution in [-0.4, -0.2) is 32.6 Å². The molecule has 0 saturated carbocycles. The van der Waals surface area contributed by atoms with Crippen LogP contribution in [0.5, 0.6) is 0 Å². The molecule has 0 aliphatic rings. The van der Waals surface area contributed by atoms with E-state index in [2.05, 4.69) is 20.7 Å². The van der Waals surface area contributed by atoms with Gasteiger partial charge in [-0.3, -0.25) is 4.79 Å². The number of nitrogens with one attached hydrogen (secondary N) is 1. The zero-order chi connectivity index (χ0) is 19.8. The summed E-state index contributed by atoms with van der Waals surface area (Å²) in [6.45, 7) is 0. The van der Waals surface area contributed by atoms with Crippen LogP contribution in [0.4, 0.5) is 0 Å². The molecule has 3 rings (SSSR count). The van der Waals surface area contributed by atoms with Crippen molar-refractivity contribution in [3.05, 3.63) is 71.3 Å². The highest BCUT2D eigenvalue weighted by Crippen LogP contribution is 2.24. The van der Waals surface area contributed by atoms with Gasteiger partial charge in [-0.25, -0.2) is 5.43 Å². The molecule has 142 valence electrons. The van der Waals surface area contributed by atoms with Crippen molar-refractivity contribution in [2.24, 2.45) is 12.1 Å². The smallest absolute Gasteiger partial charge is 0.250 e. The van der Waals surface area contributed by atoms with Crippen molar-refractivity contribution in [1.29, 1.82) is 0 Å². The second-order valence-corrected chi connectivity index (χ2v) is 7.13. The van der Waals surface area contributed by atoms with Gasteiger partial charge in [-0.2, -0.15) is 5.10 Å². The summed E-state index contributed by atoms with van der Waals surface area (Å²) in [4.78, 5) is 11.9. The van der Waals surface area contributed by atoms with E-state index >= 15 is 0 Å². The lowest BCUT2D eigenvalue weighted by Gasteiger charge is -2.04. The minimum Gasteiger partial charge on any atom is -0.305 e. The maximum atomic E-state index is 11.9. The summed E-state index contributed by atoms with van der Waals surface area (Å²) < 4.78 is 1.83. The summed E-state index contributed by atoms with van der Waals surface area (Å²) >= 11 is 7.32. The fraction of sp³-hybridized carbons (Fsp3) is 0.100. The predicted molar refractivity (Wildman–Crippen MR) is 114 cm³/mol. The topological polar surface area (TPSA) is 72.2 Å². The molecule has 8 heteroatoms. The number of halogens is 1. The van der Waals surface area contributed by atoms with Crippen molar-refractivity contribution < 1.29 is 4.79 Å². The first-order valence-electron chi connectivity index (χ1n) is 8.45. The number of rotatable bonds is 7. The van der Waals surface area contributed by atoms with Crippen molar-refractivity contribution >= 4 is 41.6 Å². The van der Waals surface area contributed by atoms with E-state index in [0.29, 0.717) is 16.0 Å². The summed E-state index contributed by atoms with van der Waals surface area (Å²) in [5, 5.41) is 13.5. The fourth-order valence-corrected chi connectivity index (χ4v) is 3.25. The largest absolute Gasteiger partial charge is 0.305 e. The highest BCUT2D eigenvalue weighted by Gasteiger charge is 2.12. The quantitative estimate of drug-likeness (QED) is 0.361. The Bertz CT molecular complexity index is 1000. The van der Waals surface area contributed by atoms with Gasteiger partial charge in [0.1, 0.15) is 0 Å². The average Bonchev–Trinajstić information content (AvgIpc) is 3.07. The monoisotopic (exact) mass is 411 g/mol. The van der Waals surface area contributed by atoms with Crippen LogP contribution in [-0.2, 0) is 11.8 Å². The van der Waals surface area contributed by atoms with Crippen LogP contribution in [0.25, 0.3) is 17.5 Å². The van der Waals surface area contributed by atoms with E-state index in [1.165, 1.54) is 18.0 Å². The molecule has 1 heterocycles. The van der Waals surface area contributed by atoms with E-state index in [1.54, 1.807) is 12.1 Å². The first-order valence-corrected chi connectivity index (χ1v) is 9.81. The van der Waals surface area contributed by atoms with Gasteiger partial charge in [0.15, 0.2) is 11.0 Å². The van der Waals surface area contributed by atoms with Crippen molar-refractivity contribution in [1.82, 2.24) is 20.2 Å². The number of hydrazone groups is 1. The van der Waals surface area contributed by atoms with Crippen LogP contribution in [0.15, 0.2) is 70.9 Å². The van der Waals surface area contributed by atoms with Gasteiger partial charge in [0.25, 0.3) is 5.91 Å². The Labute approximate surface area is 172 Å². The van der Waals surface area contributed by atoms with E-state index in [4.69, 9.17) is 11.6 Å². The minimum atomic E-state index is -0.221. The Morgan fingerprint density at radius 3 is 2.82 bits per heavy atom. The molecule has 6 nitrogen and oxygen atoms in total. The van der Waals surface area contributed by atoms with E-state index in [-0.39, 0.29) is 11.7 Å². The molecule has 28 heavy (non-hydrogen) atoms. The number of hydrogen-bond acceptors (Lipinski definition) is 5. The molecule has 0 spiro atoms. The summed E-state index contributed by atoms with van der Waals surface area (Å²) in [6.07, 6.45) is 5.21. The number of thioether (sulfide) groups is 1. The van der Waals surface area contributed by atoms with Gasteiger partial charge in [-0.1, -0.05) is 71.9 Å². The standard InChI is InChI=1S/C20H18ClN5OS/c1-26-19(16-10-5-11-17(21)13-16)24-25-20(26)28-14-18(27)23-22-12-6-9-15-7-3-2-4-8-15/h2-13H,14H2,1H3,(H,23,27)/b9-6+,22-12-. The van der Waals surface area contributed by atoms with E-state index in [9.17, 15) is 4.79 Å². The van der Waals surface area contributed by atoms with Crippen molar-refractivity contribution in [3.8, 4) is 11.4 Å². The normalized spacial score (nSPS) is 11.4. The molecule has 0 aliphatic carbocycles.